The van der Waals surface area contributed by atoms with Crippen molar-refractivity contribution < 1.29 is 9.59 Å². The molecule has 0 aliphatic carbocycles. The first-order valence-electron chi connectivity index (χ1n) is 11.2. The van der Waals surface area contributed by atoms with Crippen molar-refractivity contribution in [3.63, 3.8) is 0 Å². The first kappa shape index (κ1) is 20.2. The molecule has 2 aromatic carbocycles. The smallest absolute Gasteiger partial charge is 0.267 e. The monoisotopic (exact) mass is 426 g/mol. The summed E-state index contributed by atoms with van der Waals surface area (Å²) in [6, 6.07) is 22.1. The second-order valence-corrected chi connectivity index (χ2v) is 8.26. The molecule has 0 unspecified atom stereocenters. The van der Waals surface area contributed by atoms with Gasteiger partial charge in [0.25, 0.3) is 5.91 Å². The Hall–Kier alpha value is -3.67. The molecule has 1 N–H and O–H groups in total. The van der Waals surface area contributed by atoms with Gasteiger partial charge in [-0.15, -0.1) is 0 Å². The third kappa shape index (κ3) is 4.08. The average molecular weight is 427 g/mol. The molecule has 1 aliphatic rings. The summed E-state index contributed by atoms with van der Waals surface area (Å²) < 4.78 is 2.03. The molecule has 0 spiro atoms. The number of rotatable bonds is 7. The topological polar surface area (TPSA) is 67.2 Å². The van der Waals surface area contributed by atoms with Crippen LogP contribution in [0.15, 0.2) is 66.7 Å². The van der Waals surface area contributed by atoms with E-state index in [1.54, 1.807) is 0 Å². The summed E-state index contributed by atoms with van der Waals surface area (Å²) in [6.07, 6.45) is 2.34. The standard InChI is InChI=1S/C26H26N4O2/c31-25-11-5-15-29(25)16-6-14-27-26(32)24-17-20-8-2-4-10-23(20)30(24)18-21-13-12-19-7-1-3-9-22(19)28-21/h1-4,7-10,12-13,17H,5-6,11,14-16,18H2,(H,27,32). The zero-order valence-corrected chi connectivity index (χ0v) is 18.0. The molecule has 2 aromatic heterocycles. The zero-order valence-electron chi connectivity index (χ0n) is 18.0. The number of amides is 2. The van der Waals surface area contributed by atoms with Gasteiger partial charge in [-0.05, 0) is 37.1 Å². The van der Waals surface area contributed by atoms with E-state index in [2.05, 4.69) is 11.4 Å². The van der Waals surface area contributed by atoms with Crippen LogP contribution >= 0.6 is 0 Å². The number of fused-ring (bicyclic) bond motifs is 2. The van der Waals surface area contributed by atoms with Crippen molar-refractivity contribution in [1.82, 2.24) is 19.8 Å². The maximum atomic E-state index is 13.1. The normalized spacial score (nSPS) is 13.9. The highest BCUT2D eigenvalue weighted by Gasteiger charge is 2.20. The zero-order chi connectivity index (χ0) is 21.9. The number of aromatic nitrogens is 2. The van der Waals surface area contributed by atoms with Crippen LogP contribution in [0.5, 0.6) is 0 Å². The van der Waals surface area contributed by atoms with Gasteiger partial charge in [0.2, 0.25) is 5.91 Å². The van der Waals surface area contributed by atoms with Crippen LogP contribution in [0, 0.1) is 0 Å². The number of pyridine rings is 1. The Morgan fingerprint density at radius 1 is 1.00 bits per heavy atom. The van der Waals surface area contributed by atoms with Gasteiger partial charge in [-0.3, -0.25) is 14.6 Å². The third-order valence-corrected chi connectivity index (χ3v) is 6.08. The van der Waals surface area contributed by atoms with E-state index in [9.17, 15) is 9.59 Å². The van der Waals surface area contributed by atoms with E-state index in [1.165, 1.54) is 0 Å². The summed E-state index contributed by atoms with van der Waals surface area (Å²) in [7, 11) is 0. The summed E-state index contributed by atoms with van der Waals surface area (Å²) in [5.74, 6) is 0.120. The lowest BCUT2D eigenvalue weighted by molar-refractivity contribution is -0.127. The highest BCUT2D eigenvalue weighted by Crippen LogP contribution is 2.22. The maximum absolute atomic E-state index is 13.1. The van der Waals surface area contributed by atoms with Crippen LogP contribution in [0.1, 0.15) is 35.4 Å². The third-order valence-electron chi connectivity index (χ3n) is 6.08. The lowest BCUT2D eigenvalue weighted by Crippen LogP contribution is -2.31. The van der Waals surface area contributed by atoms with Gasteiger partial charge in [-0.2, -0.15) is 0 Å². The minimum absolute atomic E-state index is 0.102. The number of hydrogen-bond donors (Lipinski definition) is 1. The van der Waals surface area contributed by atoms with E-state index >= 15 is 0 Å². The summed E-state index contributed by atoms with van der Waals surface area (Å²) in [5, 5.41) is 5.17. The fraction of sp³-hybridized carbons (Fsp3) is 0.269. The highest BCUT2D eigenvalue weighted by molar-refractivity contribution is 5.98. The Bertz CT molecular complexity index is 1290. The van der Waals surface area contributed by atoms with Gasteiger partial charge in [0.1, 0.15) is 5.69 Å². The van der Waals surface area contributed by atoms with Crippen molar-refractivity contribution in [2.45, 2.75) is 25.8 Å². The second kappa shape index (κ2) is 8.83. The van der Waals surface area contributed by atoms with Crippen molar-refractivity contribution in [2.24, 2.45) is 0 Å². The molecule has 6 nitrogen and oxygen atoms in total. The molecule has 32 heavy (non-hydrogen) atoms. The van der Waals surface area contributed by atoms with Crippen LogP contribution in [0.2, 0.25) is 0 Å². The van der Waals surface area contributed by atoms with Crippen molar-refractivity contribution in [3.8, 4) is 0 Å². The molecule has 1 fully saturated rings. The minimum atomic E-state index is -0.102. The van der Waals surface area contributed by atoms with Crippen LogP contribution in [0.25, 0.3) is 21.8 Å². The van der Waals surface area contributed by atoms with Crippen molar-refractivity contribution in [2.75, 3.05) is 19.6 Å². The van der Waals surface area contributed by atoms with Gasteiger partial charge in [-0.25, -0.2) is 0 Å². The second-order valence-electron chi connectivity index (χ2n) is 8.26. The van der Waals surface area contributed by atoms with Gasteiger partial charge in [0.15, 0.2) is 0 Å². The van der Waals surface area contributed by atoms with Gasteiger partial charge in [-0.1, -0.05) is 42.5 Å². The number of carbonyl (C=O) groups is 2. The maximum Gasteiger partial charge on any atom is 0.267 e. The lowest BCUT2D eigenvalue weighted by Gasteiger charge is -2.15. The molecule has 5 rings (SSSR count). The lowest BCUT2D eigenvalue weighted by atomic mass is 10.2. The van der Waals surface area contributed by atoms with Gasteiger partial charge in [0.05, 0.1) is 17.8 Å². The molecule has 0 radical (unpaired) electrons. The number of nitrogens with one attached hydrogen (secondary N) is 1. The fourth-order valence-corrected chi connectivity index (χ4v) is 4.43. The Kier molecular flexibility index (Phi) is 5.58. The van der Waals surface area contributed by atoms with E-state index in [0.717, 1.165) is 46.9 Å². The molecule has 1 saturated heterocycles. The van der Waals surface area contributed by atoms with Gasteiger partial charge >= 0.3 is 0 Å². The number of likely N-dealkylation sites (tertiary alicyclic amines) is 1. The van der Waals surface area contributed by atoms with Crippen LogP contribution in [0.4, 0.5) is 0 Å². The van der Waals surface area contributed by atoms with Crippen LogP contribution < -0.4 is 5.32 Å². The van der Waals surface area contributed by atoms with Crippen LogP contribution in [-0.2, 0) is 11.3 Å². The summed E-state index contributed by atoms with van der Waals surface area (Å²) >= 11 is 0. The molecular weight excluding hydrogens is 400 g/mol. The number of carbonyl (C=O) groups excluding carboxylic acids is 2. The Labute approximate surface area is 186 Å². The first-order valence-corrected chi connectivity index (χ1v) is 11.2. The highest BCUT2D eigenvalue weighted by atomic mass is 16.2. The van der Waals surface area contributed by atoms with Crippen molar-refractivity contribution in [3.05, 3.63) is 78.1 Å². The van der Waals surface area contributed by atoms with E-state index in [4.69, 9.17) is 4.98 Å². The molecule has 4 aromatic rings. The minimum Gasteiger partial charge on any atom is -0.351 e. The number of nitrogens with zero attached hydrogens (tertiary/aromatic N) is 3. The first-order chi connectivity index (χ1) is 15.7. The van der Waals surface area contributed by atoms with Crippen molar-refractivity contribution >= 4 is 33.6 Å². The molecule has 0 saturated carbocycles. The average Bonchev–Trinajstić information content (AvgIpc) is 3.40. The van der Waals surface area contributed by atoms with E-state index in [1.807, 2.05) is 70.1 Å². The van der Waals surface area contributed by atoms with Gasteiger partial charge in [0, 0.05) is 42.3 Å². The van der Waals surface area contributed by atoms with Crippen molar-refractivity contribution in [1.29, 1.82) is 0 Å². The predicted molar refractivity (Wildman–Crippen MR) is 126 cm³/mol. The SMILES string of the molecule is O=C(NCCCN1CCCC1=O)c1cc2ccccc2n1Cc1ccc2ccccc2n1. The molecule has 6 heteroatoms. The molecular formula is C26H26N4O2. The van der Waals surface area contributed by atoms with Crippen LogP contribution in [0.3, 0.4) is 0 Å². The Morgan fingerprint density at radius 3 is 2.66 bits per heavy atom. The largest absolute Gasteiger partial charge is 0.351 e. The van der Waals surface area contributed by atoms with E-state index in [0.29, 0.717) is 31.7 Å². The Balaban J connectivity index is 1.34. The Morgan fingerprint density at radius 2 is 1.81 bits per heavy atom. The number of benzene rings is 2. The molecule has 2 amide bonds. The predicted octanol–water partition coefficient (Wildman–Crippen LogP) is 3.98. The van der Waals surface area contributed by atoms with Gasteiger partial charge < -0.3 is 14.8 Å². The fourth-order valence-electron chi connectivity index (χ4n) is 4.43. The van der Waals surface area contributed by atoms with E-state index < -0.39 is 0 Å². The molecule has 162 valence electrons. The summed E-state index contributed by atoms with van der Waals surface area (Å²) in [4.78, 5) is 31.5. The van der Waals surface area contributed by atoms with Crippen LogP contribution in [-0.4, -0.2) is 45.9 Å². The molecule has 1 aliphatic heterocycles. The summed E-state index contributed by atoms with van der Waals surface area (Å²) in [6.45, 7) is 2.59. The molecule has 0 atom stereocenters. The number of para-hydroxylation sites is 2. The molecule has 3 heterocycles. The van der Waals surface area contributed by atoms with E-state index in [-0.39, 0.29) is 11.8 Å². The molecule has 0 bridgehead atoms. The quantitative estimate of drug-likeness (QED) is 0.455. The summed E-state index contributed by atoms with van der Waals surface area (Å²) in [5.41, 5.74) is 3.49. The number of hydrogen-bond acceptors (Lipinski definition) is 3.